The van der Waals surface area contributed by atoms with E-state index in [4.69, 9.17) is 0 Å². The number of rotatable bonds is 4. The number of benzene rings is 2. The van der Waals surface area contributed by atoms with Crippen LogP contribution in [-0.4, -0.2) is 46.5 Å². The first-order valence-electron chi connectivity index (χ1n) is 10.8. The number of H-pyrrole nitrogens is 1. The Labute approximate surface area is 175 Å². The van der Waals surface area contributed by atoms with Crippen LogP contribution in [0.1, 0.15) is 24.8 Å². The van der Waals surface area contributed by atoms with Crippen molar-refractivity contribution in [1.82, 2.24) is 15.1 Å². The zero-order valence-corrected chi connectivity index (χ0v) is 17.0. The van der Waals surface area contributed by atoms with Gasteiger partial charge >= 0.3 is 0 Å². The van der Waals surface area contributed by atoms with E-state index in [0.717, 1.165) is 43.3 Å². The highest BCUT2D eigenvalue weighted by atomic mass is 16.2. The Kier molecular flexibility index (Phi) is 4.99. The number of nitrogens with zero attached hydrogens (tertiary/aromatic N) is 3. The molecule has 5 rings (SSSR count). The van der Waals surface area contributed by atoms with Crippen LogP contribution < -0.4 is 4.90 Å². The SMILES string of the molecule is O=C([C@@H]1CC(=O)N(c2n[nH]c3ccccc23)C1)N1CCC(Cc2ccccc2)CC1. The zero-order chi connectivity index (χ0) is 20.5. The third kappa shape index (κ3) is 3.58. The van der Waals surface area contributed by atoms with E-state index in [1.807, 2.05) is 35.2 Å². The van der Waals surface area contributed by atoms with Crippen molar-refractivity contribution in [3.63, 3.8) is 0 Å². The standard InChI is InChI=1S/C24H26N4O2/c29-22-15-19(16-28(22)23-20-8-4-5-9-21(20)25-26-23)24(30)27-12-10-18(11-13-27)14-17-6-2-1-3-7-17/h1-9,18-19H,10-16H2,(H,25,26)/t19-/m1/s1. The second kappa shape index (κ2) is 7.94. The molecule has 154 valence electrons. The van der Waals surface area contributed by atoms with Gasteiger partial charge in [0, 0.05) is 31.4 Å². The molecule has 2 saturated heterocycles. The summed E-state index contributed by atoms with van der Waals surface area (Å²) in [5, 5.41) is 8.23. The summed E-state index contributed by atoms with van der Waals surface area (Å²) in [6.45, 7) is 1.98. The van der Waals surface area contributed by atoms with Crippen LogP contribution >= 0.6 is 0 Å². The molecule has 30 heavy (non-hydrogen) atoms. The number of fused-ring (bicyclic) bond motifs is 1. The van der Waals surface area contributed by atoms with Gasteiger partial charge in [-0.2, -0.15) is 5.10 Å². The molecular formula is C24H26N4O2. The van der Waals surface area contributed by atoms with E-state index in [2.05, 4.69) is 34.5 Å². The third-order valence-corrected chi connectivity index (χ3v) is 6.47. The minimum Gasteiger partial charge on any atom is -0.342 e. The molecule has 2 fully saturated rings. The first kappa shape index (κ1) is 18.9. The Morgan fingerprint density at radius 2 is 1.77 bits per heavy atom. The summed E-state index contributed by atoms with van der Waals surface area (Å²) in [6.07, 6.45) is 3.39. The molecule has 6 heteroatoms. The van der Waals surface area contributed by atoms with Crippen molar-refractivity contribution >= 4 is 28.5 Å². The molecule has 2 aromatic carbocycles. The molecule has 3 aromatic rings. The molecule has 1 aromatic heterocycles. The Morgan fingerprint density at radius 3 is 2.57 bits per heavy atom. The number of para-hydroxylation sites is 1. The minimum atomic E-state index is -0.279. The van der Waals surface area contributed by atoms with Crippen LogP contribution in [0.2, 0.25) is 0 Å². The smallest absolute Gasteiger partial charge is 0.229 e. The lowest BCUT2D eigenvalue weighted by Crippen LogP contribution is -2.42. The van der Waals surface area contributed by atoms with Gasteiger partial charge in [-0.25, -0.2) is 0 Å². The summed E-state index contributed by atoms with van der Waals surface area (Å²) in [5.74, 6) is 1.06. The quantitative estimate of drug-likeness (QED) is 0.727. The predicted octanol–water partition coefficient (Wildman–Crippen LogP) is 3.40. The number of carbonyl (C=O) groups excluding carboxylic acids is 2. The molecular weight excluding hydrogens is 376 g/mol. The van der Waals surface area contributed by atoms with Crippen LogP contribution in [0, 0.1) is 11.8 Å². The summed E-state index contributed by atoms with van der Waals surface area (Å²) in [7, 11) is 0. The lowest BCUT2D eigenvalue weighted by molar-refractivity contribution is -0.137. The van der Waals surface area contributed by atoms with E-state index in [-0.39, 0.29) is 24.2 Å². The Morgan fingerprint density at radius 1 is 1.03 bits per heavy atom. The summed E-state index contributed by atoms with van der Waals surface area (Å²) >= 11 is 0. The van der Waals surface area contributed by atoms with Gasteiger partial charge in [0.15, 0.2) is 5.82 Å². The summed E-state index contributed by atoms with van der Waals surface area (Å²) in [5.41, 5.74) is 2.26. The fraction of sp³-hybridized carbons (Fsp3) is 0.375. The van der Waals surface area contributed by atoms with Crippen molar-refractivity contribution in [2.24, 2.45) is 11.8 Å². The van der Waals surface area contributed by atoms with Crippen LogP contribution in [0.5, 0.6) is 0 Å². The molecule has 3 heterocycles. The van der Waals surface area contributed by atoms with Crippen molar-refractivity contribution in [1.29, 1.82) is 0 Å². The highest BCUT2D eigenvalue weighted by Crippen LogP contribution is 2.31. The van der Waals surface area contributed by atoms with E-state index < -0.39 is 0 Å². The first-order chi connectivity index (χ1) is 14.7. The molecule has 1 N–H and O–H groups in total. The van der Waals surface area contributed by atoms with E-state index in [1.165, 1.54) is 5.56 Å². The fourth-order valence-electron chi connectivity index (χ4n) is 4.80. The maximum absolute atomic E-state index is 13.1. The molecule has 0 spiro atoms. The average molecular weight is 402 g/mol. The molecule has 2 aliphatic heterocycles. The normalized spacial score (nSPS) is 20.3. The van der Waals surface area contributed by atoms with Gasteiger partial charge in [-0.05, 0) is 42.9 Å². The van der Waals surface area contributed by atoms with Gasteiger partial charge in [-0.3, -0.25) is 19.6 Å². The second-order valence-electron chi connectivity index (χ2n) is 8.46. The molecule has 0 unspecified atom stereocenters. The molecule has 0 bridgehead atoms. The van der Waals surface area contributed by atoms with Gasteiger partial charge in [0.05, 0.1) is 11.4 Å². The summed E-state index contributed by atoms with van der Waals surface area (Å²) in [4.78, 5) is 29.4. The predicted molar refractivity (Wildman–Crippen MR) is 116 cm³/mol. The number of hydrogen-bond acceptors (Lipinski definition) is 3. The van der Waals surface area contributed by atoms with E-state index in [9.17, 15) is 9.59 Å². The Balaban J connectivity index is 1.21. The highest BCUT2D eigenvalue weighted by molar-refractivity contribution is 6.05. The number of amides is 2. The van der Waals surface area contributed by atoms with E-state index in [0.29, 0.717) is 18.3 Å². The van der Waals surface area contributed by atoms with Crippen molar-refractivity contribution in [2.45, 2.75) is 25.7 Å². The number of aromatic nitrogens is 2. The number of aromatic amines is 1. The van der Waals surface area contributed by atoms with Gasteiger partial charge in [-0.1, -0.05) is 42.5 Å². The largest absolute Gasteiger partial charge is 0.342 e. The van der Waals surface area contributed by atoms with Crippen LogP contribution in [0.4, 0.5) is 5.82 Å². The molecule has 0 saturated carbocycles. The van der Waals surface area contributed by atoms with E-state index >= 15 is 0 Å². The highest BCUT2D eigenvalue weighted by Gasteiger charge is 2.39. The minimum absolute atomic E-state index is 0.0235. The number of anilines is 1. The van der Waals surface area contributed by atoms with Gasteiger partial charge in [0.1, 0.15) is 0 Å². The number of piperidine rings is 1. The Hall–Kier alpha value is -3.15. The number of carbonyl (C=O) groups is 2. The molecule has 6 nitrogen and oxygen atoms in total. The monoisotopic (exact) mass is 402 g/mol. The fourth-order valence-corrected chi connectivity index (χ4v) is 4.80. The molecule has 1 atom stereocenters. The Bertz CT molecular complexity index is 1050. The van der Waals surface area contributed by atoms with Gasteiger partial charge < -0.3 is 4.90 Å². The maximum atomic E-state index is 13.1. The average Bonchev–Trinajstić information content (AvgIpc) is 3.38. The molecule has 2 aliphatic rings. The third-order valence-electron chi connectivity index (χ3n) is 6.47. The molecule has 0 aliphatic carbocycles. The maximum Gasteiger partial charge on any atom is 0.229 e. The summed E-state index contributed by atoms with van der Waals surface area (Å²) in [6, 6.07) is 18.3. The zero-order valence-electron chi connectivity index (χ0n) is 17.0. The first-order valence-corrected chi connectivity index (χ1v) is 10.8. The van der Waals surface area contributed by atoms with Crippen molar-refractivity contribution < 1.29 is 9.59 Å². The summed E-state index contributed by atoms with van der Waals surface area (Å²) < 4.78 is 0. The van der Waals surface area contributed by atoms with Gasteiger partial charge in [0.2, 0.25) is 11.8 Å². The number of nitrogens with one attached hydrogen (secondary N) is 1. The van der Waals surface area contributed by atoms with E-state index in [1.54, 1.807) is 4.90 Å². The van der Waals surface area contributed by atoms with Crippen molar-refractivity contribution in [3.8, 4) is 0 Å². The lowest BCUT2D eigenvalue weighted by Gasteiger charge is -2.33. The van der Waals surface area contributed by atoms with Crippen LogP contribution in [0.25, 0.3) is 10.9 Å². The molecule has 2 amide bonds. The van der Waals surface area contributed by atoms with Gasteiger partial charge in [-0.15, -0.1) is 0 Å². The molecule has 0 radical (unpaired) electrons. The second-order valence-corrected chi connectivity index (χ2v) is 8.46. The van der Waals surface area contributed by atoms with Gasteiger partial charge in [0.25, 0.3) is 0 Å². The van der Waals surface area contributed by atoms with Crippen molar-refractivity contribution in [3.05, 3.63) is 60.2 Å². The topological polar surface area (TPSA) is 69.3 Å². The van der Waals surface area contributed by atoms with Crippen LogP contribution in [-0.2, 0) is 16.0 Å². The van der Waals surface area contributed by atoms with Crippen LogP contribution in [0.3, 0.4) is 0 Å². The number of likely N-dealkylation sites (tertiary alicyclic amines) is 1. The lowest BCUT2D eigenvalue weighted by atomic mass is 9.89. The number of hydrogen-bond donors (Lipinski definition) is 1. The van der Waals surface area contributed by atoms with Crippen molar-refractivity contribution in [2.75, 3.05) is 24.5 Å². The van der Waals surface area contributed by atoms with Crippen LogP contribution in [0.15, 0.2) is 54.6 Å².